The molecule has 240 valence electrons. The van der Waals surface area contributed by atoms with E-state index in [0.717, 1.165) is 27.8 Å². The molecule has 1 aromatic heterocycles. The number of ether oxygens (including phenoxy) is 1. The van der Waals surface area contributed by atoms with Crippen molar-refractivity contribution < 1.29 is 38.9 Å². The standard InChI is InChI=1S/C34H36N4O8/c39-30(16-14-22-8-7-18-35-20-22)36-19-6-5-13-28(32(42)37-29(33(43)44)15-17-31(40)41)38-34(45)46-21-27-25-11-3-1-9-23(25)24-10-2-4-12-26(24)27/h1-4,7-12,14,16,18,20,27-29H,5-6,13,15,17,19,21H2,(H,36,39)(H,37,42)(H,38,45)(H,40,41)(H,43,44)/b16-14+/t28-,29-/m0/s1. The number of carboxylic acids is 2. The maximum Gasteiger partial charge on any atom is 0.407 e. The van der Waals surface area contributed by atoms with Gasteiger partial charge in [-0.2, -0.15) is 0 Å². The van der Waals surface area contributed by atoms with Gasteiger partial charge in [0.1, 0.15) is 18.7 Å². The summed E-state index contributed by atoms with van der Waals surface area (Å²) in [5, 5.41) is 26.1. The number of hydrogen-bond donors (Lipinski definition) is 5. The van der Waals surface area contributed by atoms with Crippen molar-refractivity contribution in [2.24, 2.45) is 0 Å². The molecule has 0 aliphatic heterocycles. The van der Waals surface area contributed by atoms with E-state index in [-0.39, 0.29) is 31.3 Å². The highest BCUT2D eigenvalue weighted by atomic mass is 16.5. The first-order valence-corrected chi connectivity index (χ1v) is 15.0. The second kappa shape index (κ2) is 16.5. The molecule has 4 rings (SSSR count). The maximum absolute atomic E-state index is 13.1. The number of pyridine rings is 1. The van der Waals surface area contributed by atoms with Crippen molar-refractivity contribution in [3.8, 4) is 11.1 Å². The van der Waals surface area contributed by atoms with Gasteiger partial charge in [0.15, 0.2) is 0 Å². The molecule has 0 spiro atoms. The molecule has 0 saturated heterocycles. The lowest BCUT2D eigenvalue weighted by atomic mass is 9.98. The van der Waals surface area contributed by atoms with Crippen molar-refractivity contribution in [3.05, 3.63) is 95.8 Å². The van der Waals surface area contributed by atoms with Gasteiger partial charge in [-0.1, -0.05) is 54.6 Å². The number of alkyl carbamates (subject to hydrolysis) is 1. The molecule has 5 N–H and O–H groups in total. The van der Waals surface area contributed by atoms with Gasteiger partial charge in [0.2, 0.25) is 11.8 Å². The lowest BCUT2D eigenvalue weighted by Gasteiger charge is -2.22. The molecular formula is C34H36N4O8. The number of carbonyl (C=O) groups excluding carboxylic acids is 3. The molecule has 12 heteroatoms. The van der Waals surface area contributed by atoms with E-state index in [1.165, 1.54) is 6.08 Å². The van der Waals surface area contributed by atoms with Gasteiger partial charge < -0.3 is 30.9 Å². The van der Waals surface area contributed by atoms with Crippen LogP contribution in [0.4, 0.5) is 4.79 Å². The number of benzene rings is 2. The monoisotopic (exact) mass is 628 g/mol. The second-order valence-electron chi connectivity index (χ2n) is 10.8. The quantitative estimate of drug-likeness (QED) is 0.117. The molecule has 1 aliphatic carbocycles. The zero-order valence-electron chi connectivity index (χ0n) is 25.1. The molecule has 46 heavy (non-hydrogen) atoms. The van der Waals surface area contributed by atoms with Crippen LogP contribution in [0.3, 0.4) is 0 Å². The summed E-state index contributed by atoms with van der Waals surface area (Å²) in [6.07, 6.45) is 5.59. The van der Waals surface area contributed by atoms with Crippen LogP contribution in [0.2, 0.25) is 0 Å². The fraction of sp³-hybridized carbons (Fsp3) is 0.294. The zero-order valence-corrected chi connectivity index (χ0v) is 25.1. The highest BCUT2D eigenvalue weighted by molar-refractivity contribution is 5.91. The van der Waals surface area contributed by atoms with Crippen LogP contribution in [-0.2, 0) is 23.9 Å². The van der Waals surface area contributed by atoms with E-state index >= 15 is 0 Å². The molecule has 2 aromatic carbocycles. The highest BCUT2D eigenvalue weighted by Crippen LogP contribution is 2.44. The van der Waals surface area contributed by atoms with Crippen LogP contribution in [0.5, 0.6) is 0 Å². The van der Waals surface area contributed by atoms with E-state index in [2.05, 4.69) is 20.9 Å². The summed E-state index contributed by atoms with van der Waals surface area (Å²) < 4.78 is 5.58. The normalized spacial score (nSPS) is 13.2. The Morgan fingerprint density at radius 3 is 2.17 bits per heavy atom. The van der Waals surface area contributed by atoms with E-state index < -0.39 is 42.4 Å². The Morgan fingerprint density at radius 2 is 1.54 bits per heavy atom. The highest BCUT2D eigenvalue weighted by Gasteiger charge is 2.31. The number of rotatable bonds is 16. The van der Waals surface area contributed by atoms with Crippen molar-refractivity contribution in [2.75, 3.05) is 13.2 Å². The van der Waals surface area contributed by atoms with Crippen LogP contribution in [-0.4, -0.2) is 70.3 Å². The minimum absolute atomic E-state index is 0.0170. The Kier molecular flexibility index (Phi) is 12.0. The number of amides is 3. The summed E-state index contributed by atoms with van der Waals surface area (Å²) >= 11 is 0. The predicted molar refractivity (Wildman–Crippen MR) is 169 cm³/mol. The van der Waals surface area contributed by atoms with Crippen molar-refractivity contribution in [3.63, 3.8) is 0 Å². The third-order valence-electron chi connectivity index (χ3n) is 7.54. The van der Waals surface area contributed by atoms with Gasteiger partial charge in [-0.05, 0) is 65.6 Å². The number of carbonyl (C=O) groups is 5. The van der Waals surface area contributed by atoms with Gasteiger partial charge in [-0.15, -0.1) is 0 Å². The molecule has 2 atom stereocenters. The SMILES string of the molecule is O=C(O)CC[C@H](NC(=O)[C@H](CCCCNC(=O)/C=C/c1cccnc1)NC(=O)OCC1c2ccccc2-c2ccccc21)C(=O)O. The molecule has 12 nitrogen and oxygen atoms in total. The Morgan fingerprint density at radius 1 is 0.848 bits per heavy atom. The number of nitrogens with one attached hydrogen (secondary N) is 3. The average molecular weight is 629 g/mol. The van der Waals surface area contributed by atoms with E-state index in [1.54, 1.807) is 24.5 Å². The number of aromatic nitrogens is 1. The number of aliphatic carboxylic acids is 2. The first-order valence-electron chi connectivity index (χ1n) is 15.0. The molecule has 0 radical (unpaired) electrons. The summed E-state index contributed by atoms with van der Waals surface area (Å²) in [5.74, 6) is -3.89. The number of hydrogen-bond acceptors (Lipinski definition) is 7. The lowest BCUT2D eigenvalue weighted by Crippen LogP contribution is -2.51. The summed E-state index contributed by atoms with van der Waals surface area (Å²) in [5.41, 5.74) is 4.93. The fourth-order valence-corrected chi connectivity index (χ4v) is 5.24. The van der Waals surface area contributed by atoms with Crippen molar-refractivity contribution in [2.45, 2.75) is 50.1 Å². The summed E-state index contributed by atoms with van der Waals surface area (Å²) in [7, 11) is 0. The average Bonchev–Trinajstić information content (AvgIpc) is 3.37. The Labute approximate surface area is 265 Å². The number of unbranched alkanes of at least 4 members (excludes halogenated alkanes) is 1. The van der Waals surface area contributed by atoms with Gasteiger partial charge >= 0.3 is 18.0 Å². The molecule has 0 saturated carbocycles. The van der Waals surface area contributed by atoms with Crippen LogP contribution in [0.1, 0.15) is 54.7 Å². The molecule has 1 heterocycles. The summed E-state index contributed by atoms with van der Waals surface area (Å²) in [6.45, 7) is 0.314. The van der Waals surface area contributed by atoms with Crippen molar-refractivity contribution in [1.29, 1.82) is 0 Å². The third-order valence-corrected chi connectivity index (χ3v) is 7.54. The van der Waals surface area contributed by atoms with Crippen molar-refractivity contribution in [1.82, 2.24) is 20.9 Å². The van der Waals surface area contributed by atoms with Crippen LogP contribution < -0.4 is 16.0 Å². The van der Waals surface area contributed by atoms with Crippen molar-refractivity contribution >= 4 is 35.9 Å². The van der Waals surface area contributed by atoms with Crippen LogP contribution in [0.25, 0.3) is 17.2 Å². The van der Waals surface area contributed by atoms with Crippen LogP contribution in [0.15, 0.2) is 79.1 Å². The lowest BCUT2D eigenvalue weighted by molar-refractivity contribution is -0.143. The van der Waals surface area contributed by atoms with Gasteiger partial charge in [0.05, 0.1) is 0 Å². The second-order valence-corrected chi connectivity index (χ2v) is 10.8. The van der Waals surface area contributed by atoms with Crippen LogP contribution >= 0.6 is 0 Å². The molecule has 0 bridgehead atoms. The van der Waals surface area contributed by atoms with Crippen LogP contribution in [0, 0.1) is 0 Å². The molecule has 0 unspecified atom stereocenters. The largest absolute Gasteiger partial charge is 0.481 e. The molecular weight excluding hydrogens is 592 g/mol. The number of fused-ring (bicyclic) bond motifs is 3. The summed E-state index contributed by atoms with van der Waals surface area (Å²) in [6, 6.07) is 16.6. The molecule has 3 amide bonds. The molecule has 3 aromatic rings. The van der Waals surface area contributed by atoms with Gasteiger partial charge in [-0.25, -0.2) is 9.59 Å². The fourth-order valence-electron chi connectivity index (χ4n) is 5.24. The molecule has 0 fully saturated rings. The van der Waals surface area contributed by atoms with Gasteiger partial charge in [-0.3, -0.25) is 19.4 Å². The Bertz CT molecular complexity index is 1530. The smallest absolute Gasteiger partial charge is 0.407 e. The number of nitrogens with zero attached hydrogens (tertiary/aromatic N) is 1. The number of carboxylic acid groups (broad SMARTS) is 2. The van der Waals surface area contributed by atoms with Gasteiger partial charge in [0, 0.05) is 37.4 Å². The maximum atomic E-state index is 13.1. The third kappa shape index (κ3) is 9.49. The van der Waals surface area contributed by atoms with E-state index in [4.69, 9.17) is 9.84 Å². The van der Waals surface area contributed by atoms with E-state index in [9.17, 15) is 29.1 Å². The first-order chi connectivity index (χ1) is 22.2. The Balaban J connectivity index is 1.34. The minimum atomic E-state index is -1.46. The topological polar surface area (TPSA) is 184 Å². The predicted octanol–water partition coefficient (Wildman–Crippen LogP) is 3.72. The summed E-state index contributed by atoms with van der Waals surface area (Å²) in [4.78, 5) is 64.9. The first kappa shape index (κ1) is 33.4. The van der Waals surface area contributed by atoms with E-state index in [0.29, 0.717) is 19.4 Å². The van der Waals surface area contributed by atoms with E-state index in [1.807, 2.05) is 54.6 Å². The molecule has 1 aliphatic rings. The van der Waals surface area contributed by atoms with Gasteiger partial charge in [0.25, 0.3) is 0 Å². The Hall–Kier alpha value is -5.52. The zero-order chi connectivity index (χ0) is 32.9. The minimum Gasteiger partial charge on any atom is -0.481 e.